The van der Waals surface area contributed by atoms with Gasteiger partial charge in [-0.3, -0.25) is 4.79 Å². The number of benzene rings is 1. The molecule has 0 spiro atoms. The molecule has 1 heterocycles. The molecule has 0 bridgehead atoms. The maximum atomic E-state index is 11.5. The van der Waals surface area contributed by atoms with Gasteiger partial charge < -0.3 is 5.32 Å². The Morgan fingerprint density at radius 3 is 2.78 bits per heavy atom. The van der Waals surface area contributed by atoms with Gasteiger partial charge in [0.2, 0.25) is 11.0 Å². The molecule has 1 aromatic heterocycles. The molecule has 0 unspecified atom stereocenters. The fraction of sp³-hybridized carbons (Fsp3) is 0.308. The summed E-state index contributed by atoms with van der Waals surface area (Å²) in [6.07, 6.45) is 2.45. The van der Waals surface area contributed by atoms with E-state index in [2.05, 4.69) is 22.4 Å². The van der Waals surface area contributed by atoms with Crippen LogP contribution in [0.25, 0.3) is 10.6 Å². The molecule has 0 fully saturated rings. The van der Waals surface area contributed by atoms with Crippen molar-refractivity contribution in [3.8, 4) is 10.6 Å². The second-order valence-electron chi connectivity index (χ2n) is 3.93. The first-order valence-corrected chi connectivity index (χ1v) is 6.80. The molecule has 1 N–H and O–H groups in total. The number of aromatic nitrogens is 2. The van der Waals surface area contributed by atoms with E-state index in [0.717, 1.165) is 23.4 Å². The third kappa shape index (κ3) is 3.37. The molecule has 0 saturated heterocycles. The summed E-state index contributed by atoms with van der Waals surface area (Å²) in [6.45, 7) is 2.06. The number of nitrogens with one attached hydrogen (secondary N) is 1. The van der Waals surface area contributed by atoms with Crippen LogP contribution in [0.4, 0.5) is 5.13 Å². The van der Waals surface area contributed by atoms with Gasteiger partial charge in [-0.25, -0.2) is 0 Å². The smallest absolute Gasteiger partial charge is 0.226 e. The van der Waals surface area contributed by atoms with Gasteiger partial charge in [0.05, 0.1) is 0 Å². The minimum Gasteiger partial charge on any atom is -0.301 e. The minimum atomic E-state index is 0.00705. The summed E-state index contributed by atoms with van der Waals surface area (Å²) < 4.78 is 0. The molecule has 0 aliphatic carbocycles. The molecule has 0 atom stereocenters. The third-order valence-electron chi connectivity index (χ3n) is 2.45. The summed E-state index contributed by atoms with van der Waals surface area (Å²) in [5.74, 6) is 0.00705. The van der Waals surface area contributed by atoms with Crippen molar-refractivity contribution in [1.82, 2.24) is 10.2 Å². The Morgan fingerprint density at radius 2 is 2.06 bits per heavy atom. The second-order valence-corrected chi connectivity index (χ2v) is 4.91. The number of rotatable bonds is 5. The fourth-order valence-electron chi connectivity index (χ4n) is 1.49. The van der Waals surface area contributed by atoms with Gasteiger partial charge >= 0.3 is 0 Å². The highest BCUT2D eigenvalue weighted by Crippen LogP contribution is 2.25. The maximum Gasteiger partial charge on any atom is 0.226 e. The average Bonchev–Trinajstić information content (AvgIpc) is 2.86. The lowest BCUT2D eigenvalue weighted by molar-refractivity contribution is -0.116. The predicted molar refractivity (Wildman–Crippen MR) is 73.5 cm³/mol. The zero-order valence-corrected chi connectivity index (χ0v) is 11.0. The topological polar surface area (TPSA) is 54.9 Å². The molecule has 94 valence electrons. The van der Waals surface area contributed by atoms with Crippen LogP contribution in [0.1, 0.15) is 26.2 Å². The first-order chi connectivity index (χ1) is 8.79. The Hall–Kier alpha value is -1.75. The van der Waals surface area contributed by atoms with Gasteiger partial charge in [-0.15, -0.1) is 10.2 Å². The highest BCUT2D eigenvalue weighted by molar-refractivity contribution is 7.18. The van der Waals surface area contributed by atoms with Crippen LogP contribution in [-0.4, -0.2) is 16.1 Å². The highest BCUT2D eigenvalue weighted by Gasteiger charge is 2.08. The number of anilines is 1. The molecule has 0 aliphatic heterocycles. The van der Waals surface area contributed by atoms with Crippen molar-refractivity contribution >= 4 is 22.4 Å². The summed E-state index contributed by atoms with van der Waals surface area (Å²) in [5, 5.41) is 12.2. The van der Waals surface area contributed by atoms with E-state index in [4.69, 9.17) is 0 Å². The van der Waals surface area contributed by atoms with Crippen LogP contribution < -0.4 is 5.32 Å². The summed E-state index contributed by atoms with van der Waals surface area (Å²) >= 11 is 1.39. The summed E-state index contributed by atoms with van der Waals surface area (Å²) in [6, 6.07) is 9.82. The number of carbonyl (C=O) groups excluding carboxylic acids is 1. The molecule has 2 aromatic rings. The van der Waals surface area contributed by atoms with Gasteiger partial charge in [-0.2, -0.15) is 0 Å². The van der Waals surface area contributed by atoms with Gasteiger partial charge in [-0.05, 0) is 6.42 Å². The van der Waals surface area contributed by atoms with Gasteiger partial charge in [0.15, 0.2) is 0 Å². The second kappa shape index (κ2) is 6.26. The average molecular weight is 261 g/mol. The molecule has 2 rings (SSSR count). The van der Waals surface area contributed by atoms with Crippen LogP contribution in [0, 0.1) is 0 Å². The van der Waals surface area contributed by atoms with E-state index < -0.39 is 0 Å². The first kappa shape index (κ1) is 12.7. The molecule has 0 saturated carbocycles. The largest absolute Gasteiger partial charge is 0.301 e. The SMILES string of the molecule is CCCCC(=O)Nc1nnc(-c2ccccc2)s1. The van der Waals surface area contributed by atoms with Crippen molar-refractivity contribution in [3.63, 3.8) is 0 Å². The Labute approximate surface area is 110 Å². The molecule has 0 radical (unpaired) electrons. The standard InChI is InChI=1S/C13H15N3OS/c1-2-3-9-11(17)14-13-16-15-12(18-13)10-7-5-4-6-8-10/h4-8H,2-3,9H2,1H3,(H,14,16,17). The Bertz CT molecular complexity index is 510. The number of hydrogen-bond donors (Lipinski definition) is 1. The summed E-state index contributed by atoms with van der Waals surface area (Å²) in [5.41, 5.74) is 1.02. The fourth-order valence-corrected chi connectivity index (χ4v) is 2.26. The number of hydrogen-bond acceptors (Lipinski definition) is 4. The molecule has 18 heavy (non-hydrogen) atoms. The van der Waals surface area contributed by atoms with Gasteiger partial charge in [0.1, 0.15) is 5.01 Å². The molecular weight excluding hydrogens is 246 g/mol. The van der Waals surface area contributed by atoms with E-state index in [1.54, 1.807) is 0 Å². The molecule has 1 amide bonds. The van der Waals surface area contributed by atoms with Gasteiger partial charge in [0.25, 0.3) is 0 Å². The maximum absolute atomic E-state index is 11.5. The van der Waals surface area contributed by atoms with E-state index in [0.29, 0.717) is 11.6 Å². The molecule has 0 aliphatic rings. The van der Waals surface area contributed by atoms with Gasteiger partial charge in [-0.1, -0.05) is 55.0 Å². The lowest BCUT2D eigenvalue weighted by Gasteiger charge is -1.98. The van der Waals surface area contributed by atoms with E-state index >= 15 is 0 Å². The highest BCUT2D eigenvalue weighted by atomic mass is 32.1. The predicted octanol–water partition coefficient (Wildman–Crippen LogP) is 3.33. The van der Waals surface area contributed by atoms with Gasteiger partial charge in [0, 0.05) is 12.0 Å². The zero-order chi connectivity index (χ0) is 12.8. The lowest BCUT2D eigenvalue weighted by atomic mass is 10.2. The zero-order valence-electron chi connectivity index (χ0n) is 10.2. The number of unbranched alkanes of at least 4 members (excludes halogenated alkanes) is 1. The van der Waals surface area contributed by atoms with Crippen molar-refractivity contribution in [2.75, 3.05) is 5.32 Å². The monoisotopic (exact) mass is 261 g/mol. The number of carbonyl (C=O) groups is 1. The van der Waals surface area contributed by atoms with E-state index in [1.165, 1.54) is 11.3 Å². The van der Waals surface area contributed by atoms with Crippen LogP contribution in [0.15, 0.2) is 30.3 Å². The Kier molecular flexibility index (Phi) is 4.41. The van der Waals surface area contributed by atoms with Crippen molar-refractivity contribution in [3.05, 3.63) is 30.3 Å². The van der Waals surface area contributed by atoms with Crippen LogP contribution in [0.2, 0.25) is 0 Å². The molecule has 1 aromatic carbocycles. The van der Waals surface area contributed by atoms with E-state index in [-0.39, 0.29) is 5.91 Å². The molecular formula is C13H15N3OS. The number of nitrogens with zero attached hydrogens (tertiary/aromatic N) is 2. The van der Waals surface area contributed by atoms with E-state index in [9.17, 15) is 4.79 Å². The van der Waals surface area contributed by atoms with E-state index in [1.807, 2.05) is 30.3 Å². The summed E-state index contributed by atoms with van der Waals surface area (Å²) in [7, 11) is 0. The first-order valence-electron chi connectivity index (χ1n) is 5.98. The summed E-state index contributed by atoms with van der Waals surface area (Å²) in [4.78, 5) is 11.5. The Balaban J connectivity index is 2.00. The van der Waals surface area contributed by atoms with Crippen LogP contribution in [-0.2, 0) is 4.79 Å². The number of amides is 1. The minimum absolute atomic E-state index is 0.00705. The van der Waals surface area contributed by atoms with Crippen molar-refractivity contribution in [2.45, 2.75) is 26.2 Å². The van der Waals surface area contributed by atoms with Crippen LogP contribution in [0.5, 0.6) is 0 Å². The molecule has 5 heteroatoms. The normalized spacial score (nSPS) is 10.3. The van der Waals surface area contributed by atoms with Crippen molar-refractivity contribution in [2.24, 2.45) is 0 Å². The quantitative estimate of drug-likeness (QED) is 0.898. The van der Waals surface area contributed by atoms with Crippen LogP contribution in [0.3, 0.4) is 0 Å². The van der Waals surface area contributed by atoms with Crippen molar-refractivity contribution in [1.29, 1.82) is 0 Å². The lowest BCUT2D eigenvalue weighted by Crippen LogP contribution is -2.10. The Morgan fingerprint density at radius 1 is 1.28 bits per heavy atom. The van der Waals surface area contributed by atoms with Crippen LogP contribution >= 0.6 is 11.3 Å². The third-order valence-corrected chi connectivity index (χ3v) is 3.34. The molecule has 4 nitrogen and oxygen atoms in total. The van der Waals surface area contributed by atoms with Crippen molar-refractivity contribution < 1.29 is 4.79 Å².